The number of halogens is 5. The summed E-state index contributed by atoms with van der Waals surface area (Å²) in [6, 6.07) is 8.30. The van der Waals surface area contributed by atoms with Gasteiger partial charge in [0, 0.05) is 8.95 Å². The second-order valence-corrected chi connectivity index (χ2v) is 9.74. The van der Waals surface area contributed by atoms with E-state index in [9.17, 15) is 0 Å². The Morgan fingerprint density at radius 1 is 0.941 bits per heavy atom. The Balaban J connectivity index is 2.46. The van der Waals surface area contributed by atoms with Gasteiger partial charge in [-0.25, -0.2) is 0 Å². The molecule has 90 valence electrons. The van der Waals surface area contributed by atoms with Gasteiger partial charge in [0.1, 0.15) is 0 Å². The van der Waals surface area contributed by atoms with E-state index in [0.29, 0.717) is 0 Å². The monoisotopic (exact) mass is 564 g/mol. The van der Waals surface area contributed by atoms with Crippen LogP contribution < -0.4 is 0 Å². The average Bonchev–Trinajstić information content (AvgIpc) is 2.60. The van der Waals surface area contributed by atoms with Gasteiger partial charge in [0.05, 0.1) is 12.4 Å². The van der Waals surface area contributed by atoms with Crippen molar-refractivity contribution < 1.29 is 0 Å². The molecule has 1 aromatic carbocycles. The fourth-order valence-electron chi connectivity index (χ4n) is 1.40. The smallest absolute Gasteiger partial charge is 0.0757 e. The first-order chi connectivity index (χ1) is 7.99. The van der Waals surface area contributed by atoms with E-state index in [1.807, 2.05) is 12.1 Å². The molecule has 0 radical (unpaired) electrons. The van der Waals surface area contributed by atoms with E-state index in [4.69, 9.17) is 0 Å². The lowest BCUT2D eigenvalue weighted by atomic mass is 10.1. The Kier molecular flexibility index (Phi) is 5.35. The first-order valence-corrected chi connectivity index (χ1v) is 9.43. The summed E-state index contributed by atoms with van der Waals surface area (Å²) in [7, 11) is 0. The molecular formula is C11H5Br5S. The highest BCUT2D eigenvalue weighted by atomic mass is 79.9. The highest BCUT2D eigenvalue weighted by molar-refractivity contribution is 9.12. The predicted molar refractivity (Wildman–Crippen MR) is 92.3 cm³/mol. The van der Waals surface area contributed by atoms with Gasteiger partial charge in [-0.05, 0) is 67.3 Å². The molecule has 0 saturated carbocycles. The maximum Gasteiger partial charge on any atom is 0.0757 e. The van der Waals surface area contributed by atoms with Gasteiger partial charge in [0.25, 0.3) is 0 Å². The SMILES string of the molecule is Brc1ccc(Br)c(C(Br)c2cc(Br)sc2Br)c1. The van der Waals surface area contributed by atoms with E-state index in [2.05, 4.69) is 91.8 Å². The third-order valence-corrected chi connectivity index (χ3v) is 6.77. The molecule has 2 rings (SSSR count). The third-order valence-electron chi connectivity index (χ3n) is 2.19. The molecule has 1 heterocycles. The molecule has 0 spiro atoms. The van der Waals surface area contributed by atoms with Gasteiger partial charge in [-0.15, -0.1) is 11.3 Å². The lowest BCUT2D eigenvalue weighted by Gasteiger charge is -2.12. The zero-order valence-electron chi connectivity index (χ0n) is 8.18. The molecular weight excluding hydrogens is 564 g/mol. The highest BCUT2D eigenvalue weighted by Crippen LogP contribution is 2.44. The van der Waals surface area contributed by atoms with Crippen LogP contribution in [0.15, 0.2) is 40.8 Å². The summed E-state index contributed by atoms with van der Waals surface area (Å²) < 4.78 is 4.43. The van der Waals surface area contributed by atoms with Crippen molar-refractivity contribution in [2.75, 3.05) is 0 Å². The molecule has 0 amide bonds. The molecule has 0 aliphatic heterocycles. The molecule has 17 heavy (non-hydrogen) atoms. The minimum Gasteiger partial charge on any atom is -0.121 e. The summed E-state index contributed by atoms with van der Waals surface area (Å²) in [5.41, 5.74) is 2.42. The third kappa shape index (κ3) is 3.45. The lowest BCUT2D eigenvalue weighted by molar-refractivity contribution is 1.17. The zero-order valence-corrected chi connectivity index (χ0v) is 16.9. The molecule has 1 unspecified atom stereocenters. The molecule has 1 atom stereocenters. The van der Waals surface area contributed by atoms with Crippen molar-refractivity contribution in [3.63, 3.8) is 0 Å². The maximum atomic E-state index is 3.75. The van der Waals surface area contributed by atoms with Crippen LogP contribution >= 0.6 is 91.0 Å². The fraction of sp³-hybridized carbons (Fsp3) is 0.0909. The standard InChI is InChI=1S/C11H5Br5S/c12-5-1-2-8(13)6(3-5)10(15)7-4-9(14)17-11(7)16/h1-4,10H. The van der Waals surface area contributed by atoms with E-state index in [-0.39, 0.29) is 4.83 Å². The fourth-order valence-corrected chi connectivity index (χ4v) is 6.66. The molecule has 0 fully saturated rings. The number of hydrogen-bond donors (Lipinski definition) is 0. The van der Waals surface area contributed by atoms with Crippen LogP contribution in [0.3, 0.4) is 0 Å². The van der Waals surface area contributed by atoms with Crippen LogP contribution in [0.4, 0.5) is 0 Å². The van der Waals surface area contributed by atoms with Gasteiger partial charge in [-0.1, -0.05) is 47.8 Å². The van der Waals surface area contributed by atoms with E-state index in [1.54, 1.807) is 11.3 Å². The van der Waals surface area contributed by atoms with Crippen LogP contribution in [0, 0.1) is 0 Å². The van der Waals surface area contributed by atoms with Gasteiger partial charge in [-0.3, -0.25) is 0 Å². The Labute approximate surface area is 146 Å². The summed E-state index contributed by atoms with van der Waals surface area (Å²) >= 11 is 19.6. The summed E-state index contributed by atoms with van der Waals surface area (Å²) in [5, 5.41) is 0. The molecule has 0 aliphatic carbocycles. The lowest BCUT2D eigenvalue weighted by Crippen LogP contribution is -1.93. The molecule has 0 bridgehead atoms. The normalized spacial score (nSPS) is 12.8. The summed E-state index contributed by atoms with van der Waals surface area (Å²) in [6.45, 7) is 0. The summed E-state index contributed by atoms with van der Waals surface area (Å²) in [4.78, 5) is 0.159. The Hall–Kier alpha value is 1.32. The van der Waals surface area contributed by atoms with Crippen molar-refractivity contribution >= 4 is 91.0 Å². The van der Waals surface area contributed by atoms with Gasteiger partial charge in [0.15, 0.2) is 0 Å². The van der Waals surface area contributed by atoms with Crippen LogP contribution in [0.1, 0.15) is 16.0 Å². The van der Waals surface area contributed by atoms with E-state index < -0.39 is 0 Å². The van der Waals surface area contributed by atoms with Crippen molar-refractivity contribution in [3.8, 4) is 0 Å². The van der Waals surface area contributed by atoms with E-state index in [1.165, 1.54) is 11.1 Å². The van der Waals surface area contributed by atoms with Gasteiger partial charge in [-0.2, -0.15) is 0 Å². The molecule has 0 nitrogen and oxygen atoms in total. The molecule has 0 N–H and O–H groups in total. The van der Waals surface area contributed by atoms with Crippen LogP contribution in [0.5, 0.6) is 0 Å². The zero-order chi connectivity index (χ0) is 12.6. The van der Waals surface area contributed by atoms with Gasteiger partial charge in [0.2, 0.25) is 0 Å². The molecule has 0 saturated heterocycles. The van der Waals surface area contributed by atoms with Crippen LogP contribution in [0.2, 0.25) is 0 Å². The largest absolute Gasteiger partial charge is 0.121 e. The number of thiophene rings is 1. The van der Waals surface area contributed by atoms with Crippen LogP contribution in [-0.2, 0) is 0 Å². The van der Waals surface area contributed by atoms with Crippen molar-refractivity contribution in [3.05, 3.63) is 51.9 Å². The summed E-state index contributed by atoms with van der Waals surface area (Å²) in [6.07, 6.45) is 0. The number of alkyl halides is 1. The first-order valence-electron chi connectivity index (χ1n) is 4.53. The molecule has 2 aromatic rings. The number of hydrogen-bond acceptors (Lipinski definition) is 1. The molecule has 0 aliphatic rings. The van der Waals surface area contributed by atoms with E-state index in [0.717, 1.165) is 16.5 Å². The Morgan fingerprint density at radius 3 is 2.24 bits per heavy atom. The Bertz CT molecular complexity index is 549. The summed E-state index contributed by atoms with van der Waals surface area (Å²) in [5.74, 6) is 0. The quantitative estimate of drug-likeness (QED) is 0.334. The minimum atomic E-state index is 0.159. The minimum absolute atomic E-state index is 0.159. The Morgan fingerprint density at radius 2 is 1.65 bits per heavy atom. The van der Waals surface area contributed by atoms with Crippen LogP contribution in [-0.4, -0.2) is 0 Å². The maximum absolute atomic E-state index is 3.75. The van der Waals surface area contributed by atoms with Crippen molar-refractivity contribution in [2.24, 2.45) is 0 Å². The first kappa shape index (κ1) is 14.7. The second kappa shape index (κ2) is 6.18. The van der Waals surface area contributed by atoms with Gasteiger partial charge < -0.3 is 0 Å². The second-order valence-electron chi connectivity index (χ2n) is 3.31. The van der Waals surface area contributed by atoms with Crippen LogP contribution in [0.25, 0.3) is 0 Å². The van der Waals surface area contributed by atoms with Crippen molar-refractivity contribution in [2.45, 2.75) is 4.83 Å². The van der Waals surface area contributed by atoms with Gasteiger partial charge >= 0.3 is 0 Å². The molecule has 1 aromatic heterocycles. The van der Waals surface area contributed by atoms with E-state index >= 15 is 0 Å². The predicted octanol–water partition coefficient (Wildman–Crippen LogP) is 7.28. The molecule has 6 heteroatoms. The topological polar surface area (TPSA) is 0 Å². The highest BCUT2D eigenvalue weighted by Gasteiger charge is 2.18. The number of benzene rings is 1. The van der Waals surface area contributed by atoms with Crippen molar-refractivity contribution in [1.29, 1.82) is 0 Å². The average molecular weight is 569 g/mol. The van der Waals surface area contributed by atoms with Crippen molar-refractivity contribution in [1.82, 2.24) is 0 Å². The number of rotatable bonds is 2.